The van der Waals surface area contributed by atoms with Crippen LogP contribution in [0.3, 0.4) is 0 Å². The van der Waals surface area contributed by atoms with Gasteiger partial charge in [0.2, 0.25) is 0 Å². The lowest BCUT2D eigenvalue weighted by molar-refractivity contribution is 0.787. The van der Waals surface area contributed by atoms with Crippen LogP contribution >= 0.6 is 11.6 Å². The number of anilines is 1. The predicted octanol–water partition coefficient (Wildman–Crippen LogP) is 2.70. The van der Waals surface area contributed by atoms with E-state index in [1.54, 1.807) is 0 Å². The number of likely N-dealkylation sites (N-methyl/N-ethyl adjacent to an activating group) is 1. The van der Waals surface area contributed by atoms with E-state index in [2.05, 4.69) is 22.3 Å². The Balaban J connectivity index is 2.24. The van der Waals surface area contributed by atoms with Crippen LogP contribution in [0.1, 0.15) is 18.4 Å². The molecular formula is C13H19ClN2. The molecule has 0 atom stereocenters. The highest BCUT2D eigenvalue weighted by Gasteiger charge is 2.16. The molecule has 88 valence electrons. The Bertz CT molecular complexity index is 346. The van der Waals surface area contributed by atoms with Gasteiger partial charge in [-0.2, -0.15) is 0 Å². The second-order valence-corrected chi connectivity index (χ2v) is 4.69. The average molecular weight is 239 g/mol. The third kappa shape index (κ3) is 2.50. The van der Waals surface area contributed by atoms with Gasteiger partial charge in [-0.15, -0.1) is 0 Å². The van der Waals surface area contributed by atoms with Gasteiger partial charge in [0.25, 0.3) is 0 Å². The molecular weight excluding hydrogens is 220 g/mol. The average Bonchev–Trinajstić information content (AvgIpc) is 2.80. The van der Waals surface area contributed by atoms with Gasteiger partial charge in [-0.1, -0.05) is 17.7 Å². The maximum Gasteiger partial charge on any atom is 0.0459 e. The number of hydrogen-bond donors (Lipinski definition) is 1. The summed E-state index contributed by atoms with van der Waals surface area (Å²) in [5.41, 5.74) is 2.63. The molecule has 0 aromatic heterocycles. The predicted molar refractivity (Wildman–Crippen MR) is 70.5 cm³/mol. The molecule has 3 heteroatoms. The first-order valence-electron chi connectivity index (χ1n) is 6.00. The fourth-order valence-corrected chi connectivity index (χ4v) is 2.56. The maximum absolute atomic E-state index is 6.29. The van der Waals surface area contributed by atoms with Gasteiger partial charge in [-0.3, -0.25) is 0 Å². The maximum atomic E-state index is 6.29. The fraction of sp³-hybridized carbons (Fsp3) is 0.538. The van der Waals surface area contributed by atoms with Crippen LogP contribution in [-0.2, 0) is 6.42 Å². The molecule has 2 nitrogen and oxygen atoms in total. The van der Waals surface area contributed by atoms with Crippen molar-refractivity contribution >= 4 is 17.3 Å². The monoisotopic (exact) mass is 238 g/mol. The van der Waals surface area contributed by atoms with Crippen molar-refractivity contribution in [1.29, 1.82) is 0 Å². The van der Waals surface area contributed by atoms with Gasteiger partial charge in [0.15, 0.2) is 0 Å². The lowest BCUT2D eigenvalue weighted by Crippen LogP contribution is -2.20. The lowest BCUT2D eigenvalue weighted by atomic mass is 10.1. The highest BCUT2D eigenvalue weighted by molar-refractivity contribution is 6.31. The molecule has 1 N–H and O–H groups in total. The molecule has 1 heterocycles. The van der Waals surface area contributed by atoms with Crippen molar-refractivity contribution in [1.82, 2.24) is 5.32 Å². The van der Waals surface area contributed by atoms with E-state index in [4.69, 9.17) is 11.6 Å². The molecule has 16 heavy (non-hydrogen) atoms. The number of nitrogens with zero attached hydrogens (tertiary/aromatic N) is 1. The smallest absolute Gasteiger partial charge is 0.0459 e. The van der Waals surface area contributed by atoms with Gasteiger partial charge in [-0.05, 0) is 50.6 Å². The molecule has 2 rings (SSSR count). The van der Waals surface area contributed by atoms with Crippen LogP contribution in [0.4, 0.5) is 5.69 Å². The third-order valence-corrected chi connectivity index (χ3v) is 3.52. The minimum atomic E-state index is 0.902. The summed E-state index contributed by atoms with van der Waals surface area (Å²) in [6, 6.07) is 6.24. The molecule has 0 radical (unpaired) electrons. The summed E-state index contributed by atoms with van der Waals surface area (Å²) in [6.45, 7) is 3.32. The highest BCUT2D eigenvalue weighted by Crippen LogP contribution is 2.30. The van der Waals surface area contributed by atoms with Crippen LogP contribution in [0.25, 0.3) is 0 Å². The first-order chi connectivity index (χ1) is 7.83. The Hall–Kier alpha value is -0.730. The number of hydrogen-bond acceptors (Lipinski definition) is 2. The van der Waals surface area contributed by atoms with Crippen LogP contribution in [0.15, 0.2) is 18.2 Å². The van der Waals surface area contributed by atoms with E-state index in [0.29, 0.717) is 0 Å². The van der Waals surface area contributed by atoms with E-state index in [1.165, 1.54) is 37.2 Å². The molecule has 1 aliphatic rings. The fourth-order valence-electron chi connectivity index (χ4n) is 2.30. The van der Waals surface area contributed by atoms with Crippen LogP contribution in [0.5, 0.6) is 0 Å². The van der Waals surface area contributed by atoms with Gasteiger partial charge in [0.05, 0.1) is 0 Å². The van der Waals surface area contributed by atoms with Crippen molar-refractivity contribution in [2.45, 2.75) is 19.3 Å². The third-order valence-electron chi connectivity index (χ3n) is 3.17. The first-order valence-corrected chi connectivity index (χ1v) is 6.37. The molecule has 0 saturated carbocycles. The largest absolute Gasteiger partial charge is 0.371 e. The van der Waals surface area contributed by atoms with Crippen molar-refractivity contribution < 1.29 is 0 Å². The van der Waals surface area contributed by atoms with Crippen molar-refractivity contribution in [3.63, 3.8) is 0 Å². The minimum absolute atomic E-state index is 0.902. The molecule has 0 spiro atoms. The topological polar surface area (TPSA) is 15.3 Å². The van der Waals surface area contributed by atoms with Gasteiger partial charge < -0.3 is 10.2 Å². The molecule has 0 bridgehead atoms. The van der Waals surface area contributed by atoms with E-state index in [1.807, 2.05) is 13.1 Å². The summed E-state index contributed by atoms with van der Waals surface area (Å²) in [5, 5.41) is 4.09. The molecule has 0 aliphatic carbocycles. The number of benzene rings is 1. The van der Waals surface area contributed by atoms with Crippen molar-refractivity contribution in [3.8, 4) is 0 Å². The van der Waals surface area contributed by atoms with Crippen molar-refractivity contribution in [2.75, 3.05) is 31.6 Å². The van der Waals surface area contributed by atoms with Gasteiger partial charge >= 0.3 is 0 Å². The summed E-state index contributed by atoms with van der Waals surface area (Å²) >= 11 is 6.29. The molecule has 0 unspecified atom stereocenters. The highest BCUT2D eigenvalue weighted by atomic mass is 35.5. The molecule has 1 aromatic carbocycles. The van der Waals surface area contributed by atoms with E-state index in [0.717, 1.165) is 18.0 Å². The lowest BCUT2D eigenvalue weighted by Gasteiger charge is -2.22. The second kappa shape index (κ2) is 5.55. The normalized spacial score (nSPS) is 15.8. The van der Waals surface area contributed by atoms with E-state index in [9.17, 15) is 0 Å². The minimum Gasteiger partial charge on any atom is -0.371 e. The first kappa shape index (κ1) is 11.7. The Morgan fingerprint density at radius 1 is 1.31 bits per heavy atom. The van der Waals surface area contributed by atoms with Crippen LogP contribution in [0, 0.1) is 0 Å². The summed E-state index contributed by atoms with van der Waals surface area (Å²) in [6.07, 6.45) is 3.61. The number of halogens is 1. The van der Waals surface area contributed by atoms with E-state index >= 15 is 0 Å². The Morgan fingerprint density at radius 3 is 2.75 bits per heavy atom. The van der Waals surface area contributed by atoms with Crippen molar-refractivity contribution in [2.24, 2.45) is 0 Å². The molecule has 0 amide bonds. The molecule has 1 aromatic rings. The zero-order chi connectivity index (χ0) is 11.4. The molecule has 1 fully saturated rings. The molecule has 1 aliphatic heterocycles. The van der Waals surface area contributed by atoms with E-state index in [-0.39, 0.29) is 0 Å². The summed E-state index contributed by atoms with van der Waals surface area (Å²) in [5.74, 6) is 0. The van der Waals surface area contributed by atoms with Gasteiger partial charge in [-0.25, -0.2) is 0 Å². The summed E-state index contributed by atoms with van der Waals surface area (Å²) in [4.78, 5) is 2.46. The standard InChI is InChI=1S/C13H19ClN2/c1-15-8-7-11-12(14)5-4-6-13(11)16-9-2-3-10-16/h4-6,15H,2-3,7-10H2,1H3. The Morgan fingerprint density at radius 2 is 2.06 bits per heavy atom. The Labute approximate surface area is 103 Å². The van der Waals surface area contributed by atoms with Gasteiger partial charge in [0.1, 0.15) is 0 Å². The number of nitrogens with one attached hydrogen (secondary N) is 1. The van der Waals surface area contributed by atoms with Crippen LogP contribution in [-0.4, -0.2) is 26.7 Å². The quantitative estimate of drug-likeness (QED) is 0.868. The SMILES string of the molecule is CNCCc1c(Cl)cccc1N1CCCC1. The Kier molecular flexibility index (Phi) is 4.08. The van der Waals surface area contributed by atoms with Crippen molar-refractivity contribution in [3.05, 3.63) is 28.8 Å². The molecule has 1 saturated heterocycles. The van der Waals surface area contributed by atoms with Crippen LogP contribution < -0.4 is 10.2 Å². The zero-order valence-corrected chi connectivity index (χ0v) is 10.6. The van der Waals surface area contributed by atoms with Crippen LogP contribution in [0.2, 0.25) is 5.02 Å². The zero-order valence-electron chi connectivity index (χ0n) is 9.80. The summed E-state index contributed by atoms with van der Waals surface area (Å²) < 4.78 is 0. The van der Waals surface area contributed by atoms with E-state index < -0.39 is 0 Å². The summed E-state index contributed by atoms with van der Waals surface area (Å²) in [7, 11) is 1.98. The van der Waals surface area contributed by atoms with Gasteiger partial charge in [0, 0.05) is 23.8 Å². The second-order valence-electron chi connectivity index (χ2n) is 4.29. The number of rotatable bonds is 4.